The minimum Gasteiger partial charge on any atom is -0.368 e. The van der Waals surface area contributed by atoms with Gasteiger partial charge in [0, 0.05) is 31.9 Å². The molecule has 0 aromatic heterocycles. The van der Waals surface area contributed by atoms with Crippen LogP contribution in [0.4, 0.5) is 11.4 Å². The Morgan fingerprint density at radius 3 is 2.23 bits per heavy atom. The van der Waals surface area contributed by atoms with Crippen LogP contribution >= 0.6 is 11.6 Å². The van der Waals surface area contributed by atoms with Crippen molar-refractivity contribution >= 4 is 28.9 Å². The summed E-state index contributed by atoms with van der Waals surface area (Å²) in [5.41, 5.74) is 4.18. The number of piperazine rings is 1. The Hall–Kier alpha value is -2.04. The van der Waals surface area contributed by atoms with Gasteiger partial charge in [-0.1, -0.05) is 41.9 Å². The summed E-state index contributed by atoms with van der Waals surface area (Å²) in [6, 6.07) is 13.8. The molecular formula is C21H26ClN3O. The molecular weight excluding hydrogens is 346 g/mol. The summed E-state index contributed by atoms with van der Waals surface area (Å²) < 4.78 is 0. The lowest BCUT2D eigenvalue weighted by atomic mass is 10.1. The van der Waals surface area contributed by atoms with Crippen LogP contribution in [0, 0.1) is 13.8 Å². The fourth-order valence-electron chi connectivity index (χ4n) is 3.46. The molecule has 1 saturated heterocycles. The van der Waals surface area contributed by atoms with Crippen molar-refractivity contribution < 1.29 is 4.79 Å². The highest BCUT2D eigenvalue weighted by Crippen LogP contribution is 2.26. The molecule has 1 heterocycles. The summed E-state index contributed by atoms with van der Waals surface area (Å²) in [5.74, 6) is 0.0496. The van der Waals surface area contributed by atoms with Gasteiger partial charge in [0.2, 0.25) is 5.91 Å². The van der Waals surface area contributed by atoms with Crippen molar-refractivity contribution in [2.45, 2.75) is 26.8 Å². The summed E-state index contributed by atoms with van der Waals surface area (Å²) in [6.45, 7) is 9.44. The fraction of sp³-hybridized carbons (Fsp3) is 0.381. The zero-order valence-electron chi connectivity index (χ0n) is 15.6. The SMILES string of the molecule is Cc1cccc(C)c1NC(=O)[C@H](C)N1CCN(c2ccccc2Cl)CC1. The third-order valence-electron chi connectivity index (χ3n) is 5.16. The number of nitrogens with zero attached hydrogens (tertiary/aromatic N) is 2. The number of benzene rings is 2. The lowest BCUT2D eigenvalue weighted by Crippen LogP contribution is -2.53. The first-order valence-electron chi connectivity index (χ1n) is 9.08. The summed E-state index contributed by atoms with van der Waals surface area (Å²) in [7, 11) is 0. The van der Waals surface area contributed by atoms with Gasteiger partial charge in [0.1, 0.15) is 0 Å². The number of amides is 1. The Bertz CT molecular complexity index is 764. The minimum atomic E-state index is -0.164. The molecule has 1 amide bonds. The minimum absolute atomic E-state index is 0.0496. The second kappa shape index (κ2) is 8.11. The number of hydrogen-bond donors (Lipinski definition) is 1. The van der Waals surface area contributed by atoms with Gasteiger partial charge >= 0.3 is 0 Å². The predicted octanol–water partition coefficient (Wildman–Crippen LogP) is 4.11. The summed E-state index contributed by atoms with van der Waals surface area (Å²) >= 11 is 6.31. The largest absolute Gasteiger partial charge is 0.368 e. The van der Waals surface area contributed by atoms with Gasteiger partial charge in [-0.05, 0) is 44.0 Å². The maximum atomic E-state index is 12.7. The van der Waals surface area contributed by atoms with E-state index in [0.717, 1.165) is 53.7 Å². The molecule has 138 valence electrons. The molecule has 0 spiro atoms. The van der Waals surface area contributed by atoms with E-state index in [0.29, 0.717) is 0 Å². The monoisotopic (exact) mass is 371 g/mol. The highest BCUT2D eigenvalue weighted by atomic mass is 35.5. The van der Waals surface area contributed by atoms with Crippen molar-refractivity contribution in [2.75, 3.05) is 36.4 Å². The van der Waals surface area contributed by atoms with Crippen LogP contribution in [0.25, 0.3) is 0 Å². The van der Waals surface area contributed by atoms with Crippen molar-refractivity contribution in [2.24, 2.45) is 0 Å². The summed E-state index contributed by atoms with van der Waals surface area (Å²) in [6.07, 6.45) is 0. The van der Waals surface area contributed by atoms with Gasteiger partial charge in [-0.25, -0.2) is 0 Å². The molecule has 26 heavy (non-hydrogen) atoms. The number of carbonyl (C=O) groups excluding carboxylic acids is 1. The molecule has 0 saturated carbocycles. The van der Waals surface area contributed by atoms with Gasteiger partial charge in [-0.15, -0.1) is 0 Å². The number of nitrogens with one attached hydrogen (secondary N) is 1. The van der Waals surface area contributed by atoms with E-state index >= 15 is 0 Å². The normalized spacial score (nSPS) is 16.4. The number of halogens is 1. The highest BCUT2D eigenvalue weighted by Gasteiger charge is 2.26. The van der Waals surface area contributed by atoms with Gasteiger partial charge in [0.05, 0.1) is 16.8 Å². The topological polar surface area (TPSA) is 35.6 Å². The van der Waals surface area contributed by atoms with E-state index in [1.807, 2.05) is 57.2 Å². The molecule has 0 radical (unpaired) electrons. The molecule has 3 rings (SSSR count). The van der Waals surface area contributed by atoms with Crippen LogP contribution in [0.15, 0.2) is 42.5 Å². The number of hydrogen-bond acceptors (Lipinski definition) is 3. The highest BCUT2D eigenvalue weighted by molar-refractivity contribution is 6.33. The molecule has 2 aromatic carbocycles. The predicted molar refractivity (Wildman–Crippen MR) is 109 cm³/mol. The second-order valence-electron chi connectivity index (χ2n) is 6.91. The number of para-hydroxylation sites is 2. The Labute approximate surface area is 160 Å². The zero-order valence-corrected chi connectivity index (χ0v) is 16.4. The van der Waals surface area contributed by atoms with Crippen LogP contribution < -0.4 is 10.2 Å². The number of anilines is 2. The third kappa shape index (κ3) is 4.02. The Balaban J connectivity index is 1.60. The van der Waals surface area contributed by atoms with Gasteiger partial charge < -0.3 is 10.2 Å². The van der Waals surface area contributed by atoms with Crippen molar-refractivity contribution in [1.82, 2.24) is 4.90 Å². The van der Waals surface area contributed by atoms with Gasteiger partial charge in [0.25, 0.3) is 0 Å². The number of rotatable bonds is 4. The lowest BCUT2D eigenvalue weighted by molar-refractivity contribution is -0.120. The van der Waals surface area contributed by atoms with Crippen LogP contribution in [-0.2, 0) is 4.79 Å². The number of aryl methyl sites for hydroxylation is 2. The van der Waals surface area contributed by atoms with E-state index < -0.39 is 0 Å². The molecule has 4 nitrogen and oxygen atoms in total. The van der Waals surface area contributed by atoms with Crippen molar-refractivity contribution in [3.63, 3.8) is 0 Å². The molecule has 1 aliphatic heterocycles. The van der Waals surface area contributed by atoms with Crippen molar-refractivity contribution in [1.29, 1.82) is 0 Å². The van der Waals surface area contributed by atoms with E-state index in [1.165, 1.54) is 0 Å². The van der Waals surface area contributed by atoms with E-state index in [4.69, 9.17) is 11.6 Å². The first-order valence-corrected chi connectivity index (χ1v) is 9.46. The fourth-order valence-corrected chi connectivity index (χ4v) is 3.72. The standard InChI is InChI=1S/C21H26ClN3O/c1-15-7-6-8-16(2)20(15)23-21(26)17(3)24-11-13-25(14-12-24)19-10-5-4-9-18(19)22/h4-10,17H,11-14H2,1-3H3,(H,23,26)/t17-/m0/s1. The molecule has 2 aromatic rings. The van der Waals surface area contributed by atoms with E-state index in [-0.39, 0.29) is 11.9 Å². The second-order valence-corrected chi connectivity index (χ2v) is 7.31. The molecule has 0 unspecified atom stereocenters. The molecule has 0 aliphatic carbocycles. The van der Waals surface area contributed by atoms with E-state index in [9.17, 15) is 4.79 Å². The first-order chi connectivity index (χ1) is 12.5. The molecule has 1 aliphatic rings. The molecule has 0 bridgehead atoms. The molecule has 5 heteroatoms. The average molecular weight is 372 g/mol. The van der Waals surface area contributed by atoms with Crippen LogP contribution in [0.1, 0.15) is 18.1 Å². The third-order valence-corrected chi connectivity index (χ3v) is 5.48. The van der Waals surface area contributed by atoms with Gasteiger partial charge in [0.15, 0.2) is 0 Å². The Morgan fingerprint density at radius 2 is 1.62 bits per heavy atom. The van der Waals surface area contributed by atoms with Crippen LogP contribution in [-0.4, -0.2) is 43.0 Å². The van der Waals surface area contributed by atoms with Crippen molar-refractivity contribution in [3.8, 4) is 0 Å². The molecule has 1 atom stereocenters. The van der Waals surface area contributed by atoms with E-state index in [1.54, 1.807) is 0 Å². The Kier molecular flexibility index (Phi) is 5.84. The maximum absolute atomic E-state index is 12.7. The van der Waals surface area contributed by atoms with Crippen LogP contribution in [0.2, 0.25) is 5.02 Å². The Morgan fingerprint density at radius 1 is 1.00 bits per heavy atom. The number of carbonyl (C=O) groups is 1. The zero-order chi connectivity index (χ0) is 18.7. The first kappa shape index (κ1) is 18.7. The molecule has 1 N–H and O–H groups in total. The lowest BCUT2D eigenvalue weighted by Gasteiger charge is -2.38. The van der Waals surface area contributed by atoms with Crippen LogP contribution in [0.5, 0.6) is 0 Å². The van der Waals surface area contributed by atoms with Gasteiger partial charge in [-0.2, -0.15) is 0 Å². The summed E-state index contributed by atoms with van der Waals surface area (Å²) in [5, 5.41) is 3.89. The smallest absolute Gasteiger partial charge is 0.241 e. The van der Waals surface area contributed by atoms with Gasteiger partial charge in [-0.3, -0.25) is 9.69 Å². The van der Waals surface area contributed by atoms with Crippen LogP contribution in [0.3, 0.4) is 0 Å². The average Bonchev–Trinajstić information content (AvgIpc) is 2.65. The summed E-state index contributed by atoms with van der Waals surface area (Å²) in [4.78, 5) is 17.3. The quantitative estimate of drug-likeness (QED) is 0.878. The molecule has 1 fully saturated rings. The van der Waals surface area contributed by atoms with E-state index in [2.05, 4.69) is 21.2 Å². The maximum Gasteiger partial charge on any atom is 0.241 e. The van der Waals surface area contributed by atoms with Crippen molar-refractivity contribution in [3.05, 3.63) is 58.6 Å².